The summed E-state index contributed by atoms with van der Waals surface area (Å²) in [5.41, 5.74) is 0. The molecular formula is C10H22N2. The van der Waals surface area contributed by atoms with Gasteiger partial charge in [-0.2, -0.15) is 0 Å². The molecule has 1 fully saturated rings. The highest BCUT2D eigenvalue weighted by Crippen LogP contribution is 2.18. The molecule has 12 heavy (non-hydrogen) atoms. The Labute approximate surface area is 76.3 Å². The van der Waals surface area contributed by atoms with Crippen LogP contribution in [-0.2, 0) is 0 Å². The highest BCUT2D eigenvalue weighted by atomic mass is 15.1. The zero-order valence-corrected chi connectivity index (χ0v) is 8.64. The Morgan fingerprint density at radius 2 is 2.08 bits per heavy atom. The maximum Gasteiger partial charge on any atom is 0.0214 e. The molecule has 1 aliphatic carbocycles. The lowest BCUT2D eigenvalue weighted by molar-refractivity contribution is 0.240. The van der Waals surface area contributed by atoms with Gasteiger partial charge in [0.1, 0.15) is 0 Å². The first-order chi connectivity index (χ1) is 5.77. The van der Waals surface area contributed by atoms with E-state index in [0.717, 1.165) is 18.6 Å². The van der Waals surface area contributed by atoms with Crippen molar-refractivity contribution in [1.29, 1.82) is 0 Å². The van der Waals surface area contributed by atoms with Crippen LogP contribution in [0.1, 0.15) is 33.1 Å². The average Bonchev–Trinajstić information content (AvgIpc) is 2.88. The van der Waals surface area contributed by atoms with Crippen LogP contribution in [-0.4, -0.2) is 37.1 Å². The normalized spacial score (nSPS) is 20.0. The smallest absolute Gasteiger partial charge is 0.0214 e. The number of nitrogens with one attached hydrogen (secondary N) is 1. The first-order valence-corrected chi connectivity index (χ1v) is 5.21. The van der Waals surface area contributed by atoms with Gasteiger partial charge >= 0.3 is 0 Å². The molecule has 1 rings (SSSR count). The molecule has 1 N–H and O–H groups in total. The summed E-state index contributed by atoms with van der Waals surface area (Å²) in [7, 11) is 2.21. The molecule has 0 aromatic carbocycles. The van der Waals surface area contributed by atoms with Gasteiger partial charge in [-0.05, 0) is 32.9 Å². The molecule has 0 aliphatic heterocycles. The van der Waals surface area contributed by atoms with Gasteiger partial charge in [-0.1, -0.05) is 13.8 Å². The van der Waals surface area contributed by atoms with E-state index in [1.165, 1.54) is 25.8 Å². The molecular weight excluding hydrogens is 148 g/mol. The Hall–Kier alpha value is -0.0800. The van der Waals surface area contributed by atoms with Crippen LogP contribution in [0.4, 0.5) is 0 Å². The molecule has 0 aromatic rings. The third-order valence-corrected chi connectivity index (χ3v) is 2.81. The summed E-state index contributed by atoms with van der Waals surface area (Å²) in [6, 6.07) is 1.58. The van der Waals surface area contributed by atoms with Crippen molar-refractivity contribution in [1.82, 2.24) is 10.2 Å². The molecule has 0 saturated heterocycles. The van der Waals surface area contributed by atoms with Crippen molar-refractivity contribution in [2.24, 2.45) is 0 Å². The number of hydrogen-bond acceptors (Lipinski definition) is 2. The fourth-order valence-electron chi connectivity index (χ4n) is 1.46. The fraction of sp³-hybridized carbons (Fsp3) is 1.00. The Balaban J connectivity index is 2.13. The van der Waals surface area contributed by atoms with Crippen LogP contribution < -0.4 is 5.32 Å². The van der Waals surface area contributed by atoms with Gasteiger partial charge in [0.15, 0.2) is 0 Å². The highest BCUT2D eigenvalue weighted by molar-refractivity contribution is 4.83. The average molecular weight is 170 g/mol. The van der Waals surface area contributed by atoms with Crippen molar-refractivity contribution in [3.63, 3.8) is 0 Å². The summed E-state index contributed by atoms with van der Waals surface area (Å²) in [5, 5.41) is 3.58. The first-order valence-electron chi connectivity index (χ1n) is 5.21. The Kier molecular flexibility index (Phi) is 4.02. The molecule has 0 spiro atoms. The van der Waals surface area contributed by atoms with Crippen molar-refractivity contribution in [3.05, 3.63) is 0 Å². The molecule has 0 amide bonds. The standard InChI is InChI=1S/C10H22N2/c1-4-10(12(3)5-2)8-11-9-6-7-9/h9-11H,4-8H2,1-3H3. The van der Waals surface area contributed by atoms with Crippen molar-refractivity contribution in [2.75, 3.05) is 20.1 Å². The van der Waals surface area contributed by atoms with Crippen molar-refractivity contribution in [2.45, 2.75) is 45.2 Å². The van der Waals surface area contributed by atoms with E-state index in [-0.39, 0.29) is 0 Å². The molecule has 2 heteroatoms. The van der Waals surface area contributed by atoms with Crippen LogP contribution in [0.25, 0.3) is 0 Å². The van der Waals surface area contributed by atoms with Crippen LogP contribution in [0, 0.1) is 0 Å². The van der Waals surface area contributed by atoms with E-state index in [2.05, 4.69) is 31.1 Å². The van der Waals surface area contributed by atoms with Gasteiger partial charge < -0.3 is 10.2 Å². The predicted molar refractivity (Wildman–Crippen MR) is 53.4 cm³/mol. The first kappa shape index (κ1) is 10.0. The van der Waals surface area contributed by atoms with E-state index in [1.54, 1.807) is 0 Å². The molecule has 0 aromatic heterocycles. The fourth-order valence-corrected chi connectivity index (χ4v) is 1.46. The molecule has 0 radical (unpaired) electrons. The van der Waals surface area contributed by atoms with Crippen LogP contribution in [0.5, 0.6) is 0 Å². The number of nitrogens with zero attached hydrogens (tertiary/aromatic N) is 1. The topological polar surface area (TPSA) is 15.3 Å². The maximum absolute atomic E-state index is 3.58. The van der Waals surface area contributed by atoms with E-state index < -0.39 is 0 Å². The summed E-state index contributed by atoms with van der Waals surface area (Å²) >= 11 is 0. The summed E-state index contributed by atoms with van der Waals surface area (Å²) in [6.45, 7) is 6.82. The van der Waals surface area contributed by atoms with Crippen LogP contribution >= 0.6 is 0 Å². The maximum atomic E-state index is 3.58. The van der Waals surface area contributed by atoms with Crippen molar-refractivity contribution in [3.8, 4) is 0 Å². The summed E-state index contributed by atoms with van der Waals surface area (Å²) in [4.78, 5) is 2.43. The predicted octanol–water partition coefficient (Wildman–Crippen LogP) is 1.47. The Bertz CT molecular complexity index is 121. The summed E-state index contributed by atoms with van der Waals surface area (Å²) in [5.74, 6) is 0. The largest absolute Gasteiger partial charge is 0.312 e. The van der Waals surface area contributed by atoms with Crippen molar-refractivity contribution >= 4 is 0 Å². The third kappa shape index (κ3) is 3.11. The minimum atomic E-state index is 0.732. The molecule has 2 nitrogen and oxygen atoms in total. The zero-order chi connectivity index (χ0) is 8.97. The lowest BCUT2D eigenvalue weighted by Gasteiger charge is -2.25. The second-order valence-corrected chi connectivity index (χ2v) is 3.82. The summed E-state index contributed by atoms with van der Waals surface area (Å²) in [6.07, 6.45) is 4.04. The van der Waals surface area contributed by atoms with E-state index in [4.69, 9.17) is 0 Å². The van der Waals surface area contributed by atoms with Crippen LogP contribution in [0.2, 0.25) is 0 Å². The van der Waals surface area contributed by atoms with Gasteiger partial charge in [0.2, 0.25) is 0 Å². The Morgan fingerprint density at radius 1 is 1.42 bits per heavy atom. The van der Waals surface area contributed by atoms with Gasteiger partial charge in [-0.15, -0.1) is 0 Å². The Morgan fingerprint density at radius 3 is 2.50 bits per heavy atom. The highest BCUT2D eigenvalue weighted by Gasteiger charge is 2.22. The molecule has 0 heterocycles. The van der Waals surface area contributed by atoms with Crippen LogP contribution in [0.15, 0.2) is 0 Å². The SMILES string of the molecule is CCC(CNC1CC1)N(C)CC. The minimum absolute atomic E-state index is 0.732. The summed E-state index contributed by atoms with van der Waals surface area (Å²) < 4.78 is 0. The lowest BCUT2D eigenvalue weighted by atomic mass is 10.2. The molecule has 1 saturated carbocycles. The van der Waals surface area contributed by atoms with Gasteiger partial charge in [0.05, 0.1) is 0 Å². The number of rotatable bonds is 6. The van der Waals surface area contributed by atoms with E-state index >= 15 is 0 Å². The number of likely N-dealkylation sites (N-methyl/N-ethyl adjacent to an activating group) is 1. The number of hydrogen-bond donors (Lipinski definition) is 1. The van der Waals surface area contributed by atoms with Crippen LogP contribution in [0.3, 0.4) is 0 Å². The van der Waals surface area contributed by atoms with Gasteiger partial charge in [-0.25, -0.2) is 0 Å². The second kappa shape index (κ2) is 4.83. The molecule has 1 unspecified atom stereocenters. The molecule has 72 valence electrons. The minimum Gasteiger partial charge on any atom is -0.312 e. The zero-order valence-electron chi connectivity index (χ0n) is 8.64. The van der Waals surface area contributed by atoms with E-state index in [0.29, 0.717) is 0 Å². The third-order valence-electron chi connectivity index (χ3n) is 2.81. The van der Waals surface area contributed by atoms with Gasteiger partial charge in [0.25, 0.3) is 0 Å². The quantitative estimate of drug-likeness (QED) is 0.649. The van der Waals surface area contributed by atoms with E-state index in [9.17, 15) is 0 Å². The molecule has 1 atom stereocenters. The van der Waals surface area contributed by atoms with E-state index in [1.807, 2.05) is 0 Å². The van der Waals surface area contributed by atoms with Crippen molar-refractivity contribution < 1.29 is 0 Å². The van der Waals surface area contributed by atoms with Gasteiger partial charge in [0, 0.05) is 18.6 Å². The second-order valence-electron chi connectivity index (χ2n) is 3.82. The monoisotopic (exact) mass is 170 g/mol. The molecule has 1 aliphatic rings. The molecule has 0 bridgehead atoms. The lowest BCUT2D eigenvalue weighted by Crippen LogP contribution is -2.40. The van der Waals surface area contributed by atoms with Gasteiger partial charge in [-0.3, -0.25) is 0 Å².